The Balaban J connectivity index is 1.63. The van der Waals surface area contributed by atoms with Gasteiger partial charge in [0.05, 0.1) is 41.1 Å². The Labute approximate surface area is 550 Å². The second-order valence-corrected chi connectivity index (χ2v) is 30.1. The molecule has 3 rings (SSSR count). The molecular weight excluding hydrogens is 1190 g/mol. The Hall–Kier alpha value is -3.93. The molecule has 16 heteroatoms. The summed E-state index contributed by atoms with van der Waals surface area (Å²) in [5.41, 5.74) is 0. The molecule has 0 unspecified atom stereocenters. The third-order valence-corrected chi connectivity index (χ3v) is 21.3. The molecule has 0 fully saturated rings. The number of rotatable bonds is 62. The predicted molar refractivity (Wildman–Crippen MR) is 376 cm³/mol. The summed E-state index contributed by atoms with van der Waals surface area (Å²) < 4.78 is 114. The highest BCUT2D eigenvalue weighted by molar-refractivity contribution is 7.90. The van der Waals surface area contributed by atoms with Gasteiger partial charge in [0.1, 0.15) is 0 Å². The summed E-state index contributed by atoms with van der Waals surface area (Å²) in [4.78, 5) is 0.185. The van der Waals surface area contributed by atoms with E-state index in [1.54, 1.807) is 54.6 Å². The second kappa shape index (κ2) is 52.4. The summed E-state index contributed by atoms with van der Waals surface area (Å²) in [6.07, 6.45) is 54.7. The third-order valence-electron chi connectivity index (χ3n) is 16.6. The maximum Gasteiger partial charge on any atom is 0.243 e. The van der Waals surface area contributed by atoms with Gasteiger partial charge in [0, 0.05) is 38.3 Å². The first-order chi connectivity index (χ1) is 43.9. The third kappa shape index (κ3) is 37.7. The van der Waals surface area contributed by atoms with Gasteiger partial charge < -0.3 is 18.9 Å². The van der Waals surface area contributed by atoms with Crippen LogP contribution in [0.15, 0.2) is 106 Å². The molecule has 0 atom stereocenters. The first kappa shape index (κ1) is 80.3. The van der Waals surface area contributed by atoms with Crippen molar-refractivity contribution < 1.29 is 44.2 Å². The quantitative estimate of drug-likeness (QED) is 0.0410. The van der Waals surface area contributed by atoms with Crippen LogP contribution in [0.5, 0.6) is 23.0 Å². The van der Waals surface area contributed by atoms with Crippen molar-refractivity contribution in [1.29, 1.82) is 0 Å². The molecule has 3 aromatic carbocycles. The van der Waals surface area contributed by atoms with Gasteiger partial charge in [-0.3, -0.25) is 0 Å². The van der Waals surface area contributed by atoms with Crippen molar-refractivity contribution in [3.63, 3.8) is 0 Å². The van der Waals surface area contributed by atoms with E-state index in [4.69, 9.17) is 18.9 Å². The van der Waals surface area contributed by atoms with Crippen molar-refractivity contribution in [2.45, 2.75) is 299 Å². The molecular formula is C74H125N3O10S3. The Morgan fingerprint density at radius 3 is 0.867 bits per heavy atom. The molecule has 3 aromatic rings. The molecule has 0 saturated heterocycles. The van der Waals surface area contributed by atoms with Gasteiger partial charge in [-0.1, -0.05) is 301 Å². The summed E-state index contributed by atoms with van der Waals surface area (Å²) in [5.74, 6) is 1.87. The Kier molecular flexibility index (Phi) is 46.8. The topological polar surface area (TPSA) is 167 Å². The van der Waals surface area contributed by atoms with Gasteiger partial charge in [-0.25, -0.2) is 34.7 Å². The van der Waals surface area contributed by atoms with Gasteiger partial charge >= 0.3 is 0 Å². The summed E-state index contributed by atoms with van der Waals surface area (Å²) in [6.45, 7) is 10.6. The van der Waals surface area contributed by atoms with E-state index in [0.29, 0.717) is 49.4 Å². The van der Waals surface area contributed by atoms with E-state index in [2.05, 4.69) is 37.1 Å². The minimum absolute atomic E-state index is 0.0449. The SMILES string of the molecule is CCCCCCCCCCCCOc1ccc(S(=O)(=O)NC/C=C/CN(C/C=C/CNS(=O)(=O)c2ccc(OCCCCCCCCCCCC)c(OCCCCCCCCCCCC)c2)S(=O)(=O)c2ccccc2)cc1OCCCCCCCCCCCC. The van der Waals surface area contributed by atoms with Crippen LogP contribution < -0.4 is 28.4 Å². The summed E-state index contributed by atoms with van der Waals surface area (Å²) in [7, 11) is -12.0. The minimum atomic E-state index is -4.01. The predicted octanol–water partition coefficient (Wildman–Crippen LogP) is 19.9. The van der Waals surface area contributed by atoms with Crippen molar-refractivity contribution in [3.05, 3.63) is 91.0 Å². The lowest BCUT2D eigenvalue weighted by molar-refractivity contribution is 0.257. The maximum absolute atomic E-state index is 14.0. The minimum Gasteiger partial charge on any atom is -0.490 e. The van der Waals surface area contributed by atoms with Gasteiger partial charge in [0.25, 0.3) is 0 Å². The Bertz CT molecular complexity index is 2490. The number of benzene rings is 3. The molecule has 0 amide bonds. The first-order valence-corrected chi connectivity index (χ1v) is 40.4. The van der Waals surface area contributed by atoms with Gasteiger partial charge in [-0.2, -0.15) is 4.31 Å². The molecule has 0 bridgehead atoms. The highest BCUT2D eigenvalue weighted by Gasteiger charge is 2.23. The van der Waals surface area contributed by atoms with Crippen LogP contribution in [0.3, 0.4) is 0 Å². The zero-order chi connectivity index (χ0) is 64.9. The van der Waals surface area contributed by atoms with Crippen molar-refractivity contribution >= 4 is 30.1 Å². The van der Waals surface area contributed by atoms with Crippen LogP contribution in [0.2, 0.25) is 0 Å². The molecule has 0 heterocycles. The number of unbranched alkanes of at least 4 members (excludes halogenated alkanes) is 36. The standard InChI is InChI=1S/C74H125N3O10S3/c1-5-9-13-17-21-25-29-33-37-48-62-84-71-56-54-69(66-73(71)86-64-50-39-35-31-27-23-19-15-11-7-3)88(78,79)75-58-44-46-60-77(90(82,83)68-52-42-41-43-53-68)61-47-45-59-76-89(80,81)70-55-57-72(85-63-49-38-34-30-26-22-18-14-10-6-2)74(67-70)87-65-51-40-36-32-28-24-20-16-12-8-4/h41-47,52-57,66-67,75-76H,5-40,48-51,58-65H2,1-4H3/b46-44+,47-45+. The second-order valence-electron chi connectivity index (χ2n) is 24.6. The number of hydrogen-bond acceptors (Lipinski definition) is 10. The number of nitrogens with zero attached hydrogens (tertiary/aromatic N) is 1. The molecule has 0 spiro atoms. The molecule has 0 saturated carbocycles. The van der Waals surface area contributed by atoms with Crippen LogP contribution in [0, 0.1) is 0 Å². The van der Waals surface area contributed by atoms with Crippen LogP contribution in [-0.2, 0) is 30.1 Å². The van der Waals surface area contributed by atoms with E-state index in [-0.39, 0.29) is 40.9 Å². The van der Waals surface area contributed by atoms with Crippen LogP contribution in [0.1, 0.15) is 285 Å². The average Bonchev–Trinajstić information content (AvgIpc) is 1.06. The molecule has 0 aromatic heterocycles. The summed E-state index contributed by atoms with van der Waals surface area (Å²) in [5, 5.41) is 0. The highest BCUT2D eigenvalue weighted by Crippen LogP contribution is 2.33. The van der Waals surface area contributed by atoms with Crippen molar-refractivity contribution in [1.82, 2.24) is 13.7 Å². The van der Waals surface area contributed by atoms with Crippen LogP contribution in [0.4, 0.5) is 0 Å². The van der Waals surface area contributed by atoms with Crippen molar-refractivity contribution in [2.75, 3.05) is 52.6 Å². The van der Waals surface area contributed by atoms with Crippen LogP contribution in [0.25, 0.3) is 0 Å². The van der Waals surface area contributed by atoms with E-state index >= 15 is 0 Å². The zero-order valence-electron chi connectivity index (χ0n) is 56.9. The Morgan fingerprint density at radius 2 is 0.578 bits per heavy atom. The molecule has 0 aliphatic rings. The van der Waals surface area contributed by atoms with Gasteiger partial charge in [-0.15, -0.1) is 0 Å². The number of hydrogen-bond donors (Lipinski definition) is 2. The normalized spacial score (nSPS) is 12.3. The molecule has 0 aliphatic heterocycles. The molecule has 514 valence electrons. The van der Waals surface area contributed by atoms with Crippen LogP contribution in [-0.4, -0.2) is 82.2 Å². The fourth-order valence-corrected chi connectivity index (χ4v) is 14.3. The van der Waals surface area contributed by atoms with E-state index < -0.39 is 30.1 Å². The largest absolute Gasteiger partial charge is 0.490 e. The van der Waals surface area contributed by atoms with E-state index in [1.165, 1.54) is 233 Å². The van der Waals surface area contributed by atoms with Crippen LogP contribution >= 0.6 is 0 Å². The fraction of sp³-hybridized carbons (Fsp3) is 0.703. The van der Waals surface area contributed by atoms with E-state index in [1.807, 2.05) is 0 Å². The molecule has 0 radical (unpaired) electrons. The summed E-state index contributed by atoms with van der Waals surface area (Å²) >= 11 is 0. The summed E-state index contributed by atoms with van der Waals surface area (Å²) in [6, 6.07) is 17.6. The maximum atomic E-state index is 14.0. The molecule has 90 heavy (non-hydrogen) atoms. The van der Waals surface area contributed by atoms with Crippen molar-refractivity contribution in [2.24, 2.45) is 0 Å². The fourth-order valence-electron chi connectivity index (χ4n) is 10.9. The number of ether oxygens (including phenoxy) is 4. The van der Waals surface area contributed by atoms with Gasteiger partial charge in [0.15, 0.2) is 23.0 Å². The van der Waals surface area contributed by atoms with Crippen molar-refractivity contribution in [3.8, 4) is 23.0 Å². The van der Waals surface area contributed by atoms with Gasteiger partial charge in [0.2, 0.25) is 30.1 Å². The zero-order valence-corrected chi connectivity index (χ0v) is 59.3. The monoisotopic (exact) mass is 1310 g/mol. The van der Waals surface area contributed by atoms with E-state index in [0.717, 1.165) is 64.2 Å². The molecule has 13 nitrogen and oxygen atoms in total. The molecule has 2 N–H and O–H groups in total. The van der Waals surface area contributed by atoms with Gasteiger partial charge in [-0.05, 0) is 62.1 Å². The first-order valence-electron chi connectivity index (χ1n) is 36.0. The number of sulfonamides is 3. The lowest BCUT2D eigenvalue weighted by atomic mass is 10.1. The number of nitrogens with one attached hydrogen (secondary N) is 2. The Morgan fingerprint density at radius 1 is 0.311 bits per heavy atom. The lowest BCUT2D eigenvalue weighted by Crippen LogP contribution is -2.32. The highest BCUT2D eigenvalue weighted by atomic mass is 32.2. The average molecular weight is 1310 g/mol. The van der Waals surface area contributed by atoms with E-state index in [9.17, 15) is 25.3 Å². The molecule has 0 aliphatic carbocycles. The lowest BCUT2D eigenvalue weighted by Gasteiger charge is -2.19. The smallest absolute Gasteiger partial charge is 0.243 e.